The molecule has 3 rings (SSSR count). The number of ether oxygens (including phenoxy) is 1. The molecule has 1 aromatic carbocycles. The first-order valence-corrected chi connectivity index (χ1v) is 7.06. The SMILES string of the molecule is COc1ccc(O)c(C(=O)N2CCN(C3CC3)C(=O)C2)c1. The van der Waals surface area contributed by atoms with E-state index < -0.39 is 0 Å². The number of phenols is 1. The van der Waals surface area contributed by atoms with Gasteiger partial charge in [0, 0.05) is 19.1 Å². The van der Waals surface area contributed by atoms with Crippen LogP contribution >= 0.6 is 0 Å². The van der Waals surface area contributed by atoms with Gasteiger partial charge in [-0.3, -0.25) is 9.59 Å². The van der Waals surface area contributed by atoms with Crippen LogP contribution in [0.5, 0.6) is 11.5 Å². The normalized spacial score (nSPS) is 18.8. The predicted molar refractivity (Wildman–Crippen MR) is 75.3 cm³/mol. The van der Waals surface area contributed by atoms with Gasteiger partial charge in [0.05, 0.1) is 12.7 Å². The third-order valence-corrected chi connectivity index (χ3v) is 3.97. The van der Waals surface area contributed by atoms with Crippen molar-refractivity contribution in [2.45, 2.75) is 18.9 Å². The summed E-state index contributed by atoms with van der Waals surface area (Å²) in [6.07, 6.45) is 2.13. The molecule has 1 heterocycles. The van der Waals surface area contributed by atoms with Crippen molar-refractivity contribution in [3.8, 4) is 11.5 Å². The zero-order valence-electron chi connectivity index (χ0n) is 11.9. The summed E-state index contributed by atoms with van der Waals surface area (Å²) in [4.78, 5) is 27.9. The summed E-state index contributed by atoms with van der Waals surface area (Å²) in [5, 5.41) is 9.85. The Bertz CT molecular complexity index is 583. The summed E-state index contributed by atoms with van der Waals surface area (Å²) in [6.45, 7) is 1.14. The average molecular weight is 290 g/mol. The number of piperazine rings is 1. The Morgan fingerprint density at radius 3 is 2.71 bits per heavy atom. The number of hydrogen-bond acceptors (Lipinski definition) is 4. The van der Waals surface area contributed by atoms with Gasteiger partial charge in [0.15, 0.2) is 0 Å². The van der Waals surface area contributed by atoms with E-state index in [0.717, 1.165) is 12.8 Å². The number of hydrogen-bond donors (Lipinski definition) is 1. The van der Waals surface area contributed by atoms with Gasteiger partial charge in [-0.05, 0) is 31.0 Å². The average Bonchev–Trinajstić information content (AvgIpc) is 3.31. The van der Waals surface area contributed by atoms with E-state index in [1.807, 2.05) is 4.90 Å². The summed E-state index contributed by atoms with van der Waals surface area (Å²) in [5.41, 5.74) is 0.169. The summed E-state index contributed by atoms with van der Waals surface area (Å²) < 4.78 is 5.07. The molecule has 21 heavy (non-hydrogen) atoms. The summed E-state index contributed by atoms with van der Waals surface area (Å²) >= 11 is 0. The van der Waals surface area contributed by atoms with Gasteiger partial charge >= 0.3 is 0 Å². The quantitative estimate of drug-likeness (QED) is 0.896. The third-order valence-electron chi connectivity index (χ3n) is 3.97. The number of carbonyl (C=O) groups is 2. The third kappa shape index (κ3) is 2.66. The first-order chi connectivity index (χ1) is 10.1. The van der Waals surface area contributed by atoms with Gasteiger partial charge in [-0.2, -0.15) is 0 Å². The van der Waals surface area contributed by atoms with Crippen LogP contribution in [0.2, 0.25) is 0 Å². The first-order valence-electron chi connectivity index (χ1n) is 7.06. The second-order valence-corrected chi connectivity index (χ2v) is 5.43. The molecule has 2 amide bonds. The van der Waals surface area contributed by atoms with Crippen LogP contribution in [0.1, 0.15) is 23.2 Å². The molecular weight excluding hydrogens is 272 g/mol. The van der Waals surface area contributed by atoms with E-state index in [9.17, 15) is 14.7 Å². The maximum absolute atomic E-state index is 12.5. The zero-order chi connectivity index (χ0) is 15.0. The predicted octanol–water partition coefficient (Wildman–Crippen LogP) is 0.848. The number of amides is 2. The van der Waals surface area contributed by atoms with Gasteiger partial charge in [0.25, 0.3) is 5.91 Å². The highest BCUT2D eigenvalue weighted by Crippen LogP contribution is 2.29. The van der Waals surface area contributed by atoms with Crippen molar-refractivity contribution in [3.63, 3.8) is 0 Å². The molecule has 6 heteroatoms. The summed E-state index contributed by atoms with van der Waals surface area (Å²) in [6, 6.07) is 4.88. The van der Waals surface area contributed by atoms with Crippen LogP contribution in [-0.4, -0.2) is 59.5 Å². The fourth-order valence-corrected chi connectivity index (χ4v) is 2.62. The zero-order valence-corrected chi connectivity index (χ0v) is 11.9. The van der Waals surface area contributed by atoms with Gasteiger partial charge in [0.2, 0.25) is 5.91 Å². The fourth-order valence-electron chi connectivity index (χ4n) is 2.62. The van der Waals surface area contributed by atoms with E-state index in [-0.39, 0.29) is 29.7 Å². The van der Waals surface area contributed by atoms with Crippen LogP contribution in [0, 0.1) is 0 Å². The molecule has 1 aliphatic carbocycles. The Morgan fingerprint density at radius 1 is 1.33 bits per heavy atom. The van der Waals surface area contributed by atoms with E-state index in [1.54, 1.807) is 6.07 Å². The monoisotopic (exact) mass is 290 g/mol. The summed E-state index contributed by atoms with van der Waals surface area (Å²) in [5.74, 6) is 0.0478. The van der Waals surface area contributed by atoms with Gasteiger partial charge in [0.1, 0.15) is 18.0 Å². The van der Waals surface area contributed by atoms with Crippen LogP contribution in [0.3, 0.4) is 0 Å². The van der Waals surface area contributed by atoms with Gasteiger partial charge in [-0.15, -0.1) is 0 Å². The molecule has 1 saturated carbocycles. The smallest absolute Gasteiger partial charge is 0.258 e. The van der Waals surface area contributed by atoms with Crippen LogP contribution in [0.15, 0.2) is 18.2 Å². The minimum absolute atomic E-state index is 0.0144. The highest BCUT2D eigenvalue weighted by Gasteiger charge is 2.37. The van der Waals surface area contributed by atoms with Crippen LogP contribution in [0.25, 0.3) is 0 Å². The van der Waals surface area contributed by atoms with E-state index in [0.29, 0.717) is 24.9 Å². The van der Waals surface area contributed by atoms with Gasteiger partial charge < -0.3 is 19.6 Å². The lowest BCUT2D eigenvalue weighted by molar-refractivity contribution is -0.135. The lowest BCUT2D eigenvalue weighted by Gasteiger charge is -2.34. The first kappa shape index (κ1) is 13.7. The molecule has 2 fully saturated rings. The molecule has 112 valence electrons. The lowest BCUT2D eigenvalue weighted by Crippen LogP contribution is -2.52. The molecule has 1 N–H and O–H groups in total. The number of benzene rings is 1. The van der Waals surface area contributed by atoms with Crippen molar-refractivity contribution >= 4 is 11.8 Å². The highest BCUT2D eigenvalue weighted by molar-refractivity contribution is 5.99. The maximum Gasteiger partial charge on any atom is 0.258 e. The number of methoxy groups -OCH3 is 1. The molecule has 0 radical (unpaired) electrons. The molecular formula is C15H18N2O4. The minimum atomic E-state index is -0.338. The highest BCUT2D eigenvalue weighted by atomic mass is 16.5. The van der Waals surface area contributed by atoms with E-state index in [4.69, 9.17) is 4.74 Å². The Kier molecular flexibility index (Phi) is 3.45. The van der Waals surface area contributed by atoms with Crippen molar-refractivity contribution in [2.24, 2.45) is 0 Å². The van der Waals surface area contributed by atoms with Gasteiger partial charge in [-0.25, -0.2) is 0 Å². The largest absolute Gasteiger partial charge is 0.507 e. The van der Waals surface area contributed by atoms with Crippen molar-refractivity contribution in [2.75, 3.05) is 26.7 Å². The Balaban J connectivity index is 1.75. The fraction of sp³-hybridized carbons (Fsp3) is 0.467. The maximum atomic E-state index is 12.5. The van der Waals surface area contributed by atoms with Gasteiger partial charge in [-0.1, -0.05) is 0 Å². The van der Waals surface area contributed by atoms with E-state index in [1.165, 1.54) is 24.1 Å². The van der Waals surface area contributed by atoms with Crippen molar-refractivity contribution in [3.05, 3.63) is 23.8 Å². The Hall–Kier alpha value is -2.24. The molecule has 1 aliphatic heterocycles. The molecule has 0 atom stereocenters. The number of aromatic hydroxyl groups is 1. The standard InChI is InChI=1S/C15H18N2O4/c1-21-11-4-5-13(18)12(8-11)15(20)16-6-7-17(10-2-3-10)14(19)9-16/h4-5,8,10,18H,2-3,6-7,9H2,1H3. The second-order valence-electron chi connectivity index (χ2n) is 5.43. The number of nitrogens with zero attached hydrogens (tertiary/aromatic N) is 2. The molecule has 0 aromatic heterocycles. The molecule has 1 aromatic rings. The minimum Gasteiger partial charge on any atom is -0.507 e. The van der Waals surface area contributed by atoms with Crippen LogP contribution < -0.4 is 4.74 Å². The summed E-state index contributed by atoms with van der Waals surface area (Å²) in [7, 11) is 1.50. The van der Waals surface area contributed by atoms with E-state index >= 15 is 0 Å². The Morgan fingerprint density at radius 2 is 2.10 bits per heavy atom. The number of rotatable bonds is 3. The van der Waals surface area contributed by atoms with Crippen molar-refractivity contribution in [1.29, 1.82) is 0 Å². The lowest BCUT2D eigenvalue weighted by atomic mass is 10.1. The van der Waals surface area contributed by atoms with E-state index in [2.05, 4.69) is 0 Å². The molecule has 1 saturated heterocycles. The molecule has 0 bridgehead atoms. The molecule has 0 unspecified atom stereocenters. The van der Waals surface area contributed by atoms with Crippen molar-refractivity contribution < 1.29 is 19.4 Å². The molecule has 0 spiro atoms. The molecule has 6 nitrogen and oxygen atoms in total. The number of carbonyl (C=O) groups excluding carboxylic acids is 2. The number of phenolic OH excluding ortho intramolecular Hbond substituents is 1. The van der Waals surface area contributed by atoms with Crippen molar-refractivity contribution in [1.82, 2.24) is 9.80 Å². The topological polar surface area (TPSA) is 70.1 Å². The van der Waals surface area contributed by atoms with Crippen LogP contribution in [-0.2, 0) is 4.79 Å². The molecule has 2 aliphatic rings. The Labute approximate surface area is 122 Å². The second kappa shape index (κ2) is 5.27. The van der Waals surface area contributed by atoms with Crippen LogP contribution in [0.4, 0.5) is 0 Å².